The highest BCUT2D eigenvalue weighted by Crippen LogP contribution is 2.20. The van der Waals surface area contributed by atoms with E-state index in [1.807, 2.05) is 0 Å². The van der Waals surface area contributed by atoms with Crippen molar-refractivity contribution in [1.29, 1.82) is 0 Å². The maximum Gasteiger partial charge on any atom is 0.247 e. The zero-order valence-electron chi connectivity index (χ0n) is 11.7. The maximum absolute atomic E-state index is 11.7. The molecular weight excluding hydrogens is 312 g/mol. The number of hydrogen-bond donors (Lipinski definition) is 2. The maximum atomic E-state index is 11.7. The van der Waals surface area contributed by atoms with Gasteiger partial charge >= 0.3 is 0 Å². The molecule has 8 heteroatoms. The van der Waals surface area contributed by atoms with Crippen LogP contribution in [-0.4, -0.2) is 33.6 Å². The molecule has 0 saturated carbocycles. The second-order valence-corrected chi connectivity index (χ2v) is 8.00. The van der Waals surface area contributed by atoms with Crippen molar-refractivity contribution in [2.75, 3.05) is 13.2 Å². The highest BCUT2D eigenvalue weighted by atomic mass is 32.2. The Kier molecular flexibility index (Phi) is 5.74. The first kappa shape index (κ1) is 16.4. The number of nitrogens with one attached hydrogen (secondary N) is 1. The molecular formula is C13H20N2O4S2. The van der Waals surface area contributed by atoms with Gasteiger partial charge in [0.1, 0.15) is 4.21 Å². The Morgan fingerprint density at radius 1 is 1.48 bits per heavy atom. The van der Waals surface area contributed by atoms with E-state index in [-0.39, 0.29) is 16.2 Å². The molecule has 1 aromatic heterocycles. The second kappa shape index (κ2) is 7.35. The number of nitrogens with two attached hydrogens (primary N) is 1. The van der Waals surface area contributed by atoms with Crippen molar-refractivity contribution in [1.82, 2.24) is 5.32 Å². The molecule has 0 spiro atoms. The van der Waals surface area contributed by atoms with Crippen LogP contribution in [0.1, 0.15) is 30.6 Å². The van der Waals surface area contributed by atoms with Crippen LogP contribution in [0.25, 0.3) is 0 Å². The molecule has 0 aliphatic carbocycles. The van der Waals surface area contributed by atoms with Gasteiger partial charge in [0.15, 0.2) is 0 Å². The first-order valence-electron chi connectivity index (χ1n) is 6.95. The molecule has 3 N–H and O–H groups in total. The van der Waals surface area contributed by atoms with Crippen LogP contribution in [0.5, 0.6) is 0 Å². The lowest BCUT2D eigenvalue weighted by molar-refractivity contribution is -0.121. The van der Waals surface area contributed by atoms with E-state index >= 15 is 0 Å². The van der Waals surface area contributed by atoms with E-state index in [2.05, 4.69) is 5.32 Å². The topological polar surface area (TPSA) is 98.5 Å². The first-order valence-corrected chi connectivity index (χ1v) is 9.31. The minimum atomic E-state index is -3.62. The third-order valence-corrected chi connectivity index (χ3v) is 5.91. The van der Waals surface area contributed by atoms with Gasteiger partial charge in [-0.25, -0.2) is 13.6 Å². The Balaban J connectivity index is 1.66. The van der Waals surface area contributed by atoms with Crippen LogP contribution in [0.15, 0.2) is 16.3 Å². The molecule has 2 heterocycles. The number of amides is 1. The molecule has 118 valence electrons. The van der Waals surface area contributed by atoms with Crippen molar-refractivity contribution in [2.45, 2.75) is 42.4 Å². The average Bonchev–Trinajstić information content (AvgIpc) is 3.07. The van der Waals surface area contributed by atoms with Gasteiger partial charge in [0.2, 0.25) is 15.9 Å². The summed E-state index contributed by atoms with van der Waals surface area (Å²) in [4.78, 5) is 12.6. The Hall–Kier alpha value is -0.960. The molecule has 6 nitrogen and oxygen atoms in total. The van der Waals surface area contributed by atoms with Crippen molar-refractivity contribution in [3.05, 3.63) is 17.0 Å². The average molecular weight is 332 g/mol. The number of rotatable bonds is 7. The van der Waals surface area contributed by atoms with Crippen LogP contribution in [0.2, 0.25) is 0 Å². The van der Waals surface area contributed by atoms with Gasteiger partial charge in [-0.2, -0.15) is 0 Å². The minimum Gasteiger partial charge on any atom is -0.378 e. The summed E-state index contributed by atoms with van der Waals surface area (Å²) < 4.78 is 27.9. The summed E-state index contributed by atoms with van der Waals surface area (Å²) in [5.74, 6) is 0.00808. The molecule has 0 radical (unpaired) electrons. The van der Waals surface area contributed by atoms with Gasteiger partial charge in [0, 0.05) is 24.4 Å². The summed E-state index contributed by atoms with van der Waals surface area (Å²) in [5, 5.41) is 7.88. The number of ether oxygens (including phenoxy) is 1. The predicted octanol–water partition coefficient (Wildman–Crippen LogP) is 1.01. The molecule has 2 rings (SSSR count). The van der Waals surface area contributed by atoms with Crippen molar-refractivity contribution < 1.29 is 17.9 Å². The fourth-order valence-corrected chi connectivity index (χ4v) is 4.00. The van der Waals surface area contributed by atoms with E-state index in [9.17, 15) is 13.2 Å². The monoisotopic (exact) mass is 332 g/mol. The van der Waals surface area contributed by atoms with Gasteiger partial charge in [0.05, 0.1) is 6.10 Å². The third-order valence-electron chi connectivity index (χ3n) is 3.33. The lowest BCUT2D eigenvalue weighted by Crippen LogP contribution is -2.26. The quantitative estimate of drug-likeness (QED) is 0.778. The lowest BCUT2D eigenvalue weighted by atomic mass is 10.1. The van der Waals surface area contributed by atoms with Crippen LogP contribution in [0.3, 0.4) is 0 Å². The molecule has 1 saturated heterocycles. The highest BCUT2D eigenvalue weighted by Gasteiger charge is 2.16. The van der Waals surface area contributed by atoms with Crippen molar-refractivity contribution in [3.63, 3.8) is 0 Å². The van der Waals surface area contributed by atoms with E-state index in [0.717, 1.165) is 42.1 Å². The van der Waals surface area contributed by atoms with Crippen LogP contribution < -0.4 is 10.5 Å². The standard InChI is InChI=1S/C13H20N2O4S2/c14-21(17,18)13-6-4-11(20-13)7-8-15-12(16)5-3-10-2-1-9-19-10/h4,6,10H,1-3,5,7-9H2,(H,15,16)(H2,14,17,18). The molecule has 0 bridgehead atoms. The van der Waals surface area contributed by atoms with E-state index in [1.165, 1.54) is 6.07 Å². The van der Waals surface area contributed by atoms with Crippen molar-refractivity contribution >= 4 is 27.3 Å². The van der Waals surface area contributed by atoms with Crippen molar-refractivity contribution in [2.24, 2.45) is 5.14 Å². The predicted molar refractivity (Wildman–Crippen MR) is 80.6 cm³/mol. The Labute approximate surface area is 128 Å². The Morgan fingerprint density at radius 3 is 2.90 bits per heavy atom. The third kappa shape index (κ3) is 5.39. The van der Waals surface area contributed by atoms with Crippen LogP contribution >= 0.6 is 11.3 Å². The Bertz CT molecular complexity index is 577. The number of sulfonamides is 1. The molecule has 1 aliphatic heterocycles. The van der Waals surface area contributed by atoms with Gasteiger partial charge in [-0.05, 0) is 37.8 Å². The van der Waals surface area contributed by atoms with Gasteiger partial charge in [-0.15, -0.1) is 11.3 Å². The summed E-state index contributed by atoms with van der Waals surface area (Å²) in [7, 11) is -3.62. The van der Waals surface area contributed by atoms with Gasteiger partial charge in [-0.1, -0.05) is 0 Å². The van der Waals surface area contributed by atoms with Gasteiger partial charge < -0.3 is 10.1 Å². The summed E-state index contributed by atoms with van der Waals surface area (Å²) in [6, 6.07) is 3.22. The van der Waals surface area contributed by atoms with Gasteiger partial charge in [-0.3, -0.25) is 4.79 Å². The molecule has 1 amide bonds. The van der Waals surface area contributed by atoms with Gasteiger partial charge in [0.25, 0.3) is 0 Å². The number of primary sulfonamides is 1. The number of hydrogen-bond acceptors (Lipinski definition) is 5. The minimum absolute atomic E-state index is 0.00808. The van der Waals surface area contributed by atoms with E-state index in [4.69, 9.17) is 9.88 Å². The molecule has 21 heavy (non-hydrogen) atoms. The molecule has 1 aliphatic rings. The van der Waals surface area contributed by atoms with E-state index in [1.54, 1.807) is 6.07 Å². The zero-order chi connectivity index (χ0) is 15.3. The first-order chi connectivity index (χ1) is 9.95. The molecule has 1 atom stereocenters. The largest absolute Gasteiger partial charge is 0.378 e. The normalized spacial score (nSPS) is 18.8. The highest BCUT2D eigenvalue weighted by molar-refractivity contribution is 7.91. The van der Waals surface area contributed by atoms with E-state index < -0.39 is 10.0 Å². The zero-order valence-corrected chi connectivity index (χ0v) is 13.3. The van der Waals surface area contributed by atoms with Crippen LogP contribution in [-0.2, 0) is 26.0 Å². The smallest absolute Gasteiger partial charge is 0.247 e. The lowest BCUT2D eigenvalue weighted by Gasteiger charge is -2.09. The van der Waals surface area contributed by atoms with Crippen LogP contribution in [0.4, 0.5) is 0 Å². The molecule has 0 aromatic carbocycles. The van der Waals surface area contributed by atoms with Crippen LogP contribution in [0, 0.1) is 0 Å². The summed E-state index contributed by atoms with van der Waals surface area (Å²) in [6.07, 6.45) is 4.19. The molecule has 1 fully saturated rings. The fourth-order valence-electron chi connectivity index (χ4n) is 2.22. The number of carbonyl (C=O) groups is 1. The summed E-state index contributed by atoms with van der Waals surface area (Å²) in [6.45, 7) is 1.30. The molecule has 1 unspecified atom stereocenters. The van der Waals surface area contributed by atoms with Crippen molar-refractivity contribution in [3.8, 4) is 0 Å². The SMILES string of the molecule is NS(=O)(=O)c1ccc(CCNC(=O)CCC2CCCO2)s1. The second-order valence-electron chi connectivity index (χ2n) is 5.04. The molecule has 1 aromatic rings. The Morgan fingerprint density at radius 2 is 2.29 bits per heavy atom. The number of thiophene rings is 1. The fraction of sp³-hybridized carbons (Fsp3) is 0.615. The summed E-state index contributed by atoms with van der Waals surface area (Å²) >= 11 is 1.14. The van der Waals surface area contributed by atoms with E-state index in [0.29, 0.717) is 19.4 Å². The number of carbonyl (C=O) groups excluding carboxylic acids is 1. The summed E-state index contributed by atoms with van der Waals surface area (Å²) in [5.41, 5.74) is 0.